The third-order valence-electron chi connectivity index (χ3n) is 3.98. The molecular weight excluding hydrogens is 343 g/mol. The number of halogens is 3. The highest BCUT2D eigenvalue weighted by molar-refractivity contribution is 5.79. The molecule has 0 atom stereocenters. The van der Waals surface area contributed by atoms with E-state index in [1.165, 1.54) is 6.07 Å². The Morgan fingerprint density at radius 2 is 2.04 bits per heavy atom. The van der Waals surface area contributed by atoms with E-state index in [1.54, 1.807) is 19.3 Å². The zero-order valence-corrected chi connectivity index (χ0v) is 15.0. The molecule has 5 nitrogen and oxygen atoms in total. The van der Waals surface area contributed by atoms with Gasteiger partial charge in [0.05, 0.1) is 5.56 Å². The lowest BCUT2D eigenvalue weighted by molar-refractivity contribution is -0.137. The van der Waals surface area contributed by atoms with Gasteiger partial charge in [0.25, 0.3) is 0 Å². The van der Waals surface area contributed by atoms with E-state index < -0.39 is 11.7 Å². The van der Waals surface area contributed by atoms with Crippen molar-refractivity contribution in [2.75, 3.05) is 13.6 Å². The maximum atomic E-state index is 12.7. The maximum absolute atomic E-state index is 12.7. The van der Waals surface area contributed by atoms with E-state index in [1.807, 2.05) is 13.1 Å². The summed E-state index contributed by atoms with van der Waals surface area (Å²) in [5.41, 5.74) is -0.0899. The molecule has 0 saturated heterocycles. The van der Waals surface area contributed by atoms with Crippen molar-refractivity contribution in [3.63, 3.8) is 0 Å². The minimum Gasteiger partial charge on any atom is -0.356 e. The van der Waals surface area contributed by atoms with Crippen LogP contribution >= 0.6 is 0 Å². The van der Waals surface area contributed by atoms with Gasteiger partial charge >= 0.3 is 6.18 Å². The van der Waals surface area contributed by atoms with Gasteiger partial charge in [-0.1, -0.05) is 12.1 Å². The fourth-order valence-corrected chi connectivity index (χ4v) is 2.52. The molecule has 8 heteroatoms. The molecule has 0 aliphatic carbocycles. The monoisotopic (exact) mass is 367 g/mol. The Balaban J connectivity index is 1.72. The van der Waals surface area contributed by atoms with Crippen molar-refractivity contribution in [3.8, 4) is 0 Å². The average Bonchev–Trinajstić information content (AvgIpc) is 3.02. The minimum absolute atomic E-state index is 0.276. The van der Waals surface area contributed by atoms with Crippen LogP contribution in [0, 0.1) is 6.92 Å². The molecule has 2 N–H and O–H groups in total. The molecule has 0 spiro atoms. The van der Waals surface area contributed by atoms with Crippen molar-refractivity contribution >= 4 is 5.96 Å². The Hall–Kier alpha value is -2.51. The van der Waals surface area contributed by atoms with E-state index in [4.69, 9.17) is 0 Å². The third kappa shape index (κ3) is 6.09. The van der Waals surface area contributed by atoms with Crippen molar-refractivity contribution < 1.29 is 13.2 Å². The lowest BCUT2D eigenvalue weighted by atomic mass is 10.1. The van der Waals surface area contributed by atoms with Crippen LogP contribution < -0.4 is 10.6 Å². The molecule has 1 aromatic carbocycles. The Morgan fingerprint density at radius 3 is 2.69 bits per heavy atom. The van der Waals surface area contributed by atoms with Crippen LogP contribution in [0.2, 0.25) is 0 Å². The second-order valence-electron chi connectivity index (χ2n) is 5.93. The van der Waals surface area contributed by atoms with Crippen molar-refractivity contribution in [2.24, 2.45) is 4.99 Å². The second kappa shape index (κ2) is 9.26. The number of imidazole rings is 1. The summed E-state index contributed by atoms with van der Waals surface area (Å²) < 4.78 is 40.3. The molecular formula is C18H24F3N5. The zero-order chi connectivity index (χ0) is 19.0. The van der Waals surface area contributed by atoms with Crippen LogP contribution in [0.25, 0.3) is 0 Å². The van der Waals surface area contributed by atoms with Crippen LogP contribution in [0.15, 0.2) is 41.7 Å². The van der Waals surface area contributed by atoms with E-state index in [2.05, 4.69) is 25.2 Å². The number of guanidine groups is 1. The molecule has 1 aromatic heterocycles. The maximum Gasteiger partial charge on any atom is 0.416 e. The predicted molar refractivity (Wildman–Crippen MR) is 95.8 cm³/mol. The summed E-state index contributed by atoms with van der Waals surface area (Å²) in [5, 5.41) is 6.21. The molecule has 2 rings (SSSR count). The molecule has 0 radical (unpaired) electrons. The van der Waals surface area contributed by atoms with E-state index >= 15 is 0 Å². The van der Waals surface area contributed by atoms with Crippen LogP contribution in [0.3, 0.4) is 0 Å². The van der Waals surface area contributed by atoms with Gasteiger partial charge in [0, 0.05) is 39.1 Å². The van der Waals surface area contributed by atoms with Gasteiger partial charge in [-0.15, -0.1) is 0 Å². The lowest BCUT2D eigenvalue weighted by Gasteiger charge is -2.13. The van der Waals surface area contributed by atoms with Gasteiger partial charge in [0.15, 0.2) is 5.96 Å². The Labute approximate surface area is 151 Å². The molecule has 0 aliphatic heterocycles. The topological polar surface area (TPSA) is 54.2 Å². The number of rotatable bonds is 7. The fourth-order valence-electron chi connectivity index (χ4n) is 2.52. The number of aryl methyl sites for hydroxylation is 2. The van der Waals surface area contributed by atoms with Crippen LogP contribution in [0.4, 0.5) is 13.2 Å². The van der Waals surface area contributed by atoms with Crippen molar-refractivity contribution in [3.05, 3.63) is 53.6 Å². The number of hydrogen-bond acceptors (Lipinski definition) is 2. The number of aromatic nitrogens is 2. The van der Waals surface area contributed by atoms with Gasteiger partial charge in [0.2, 0.25) is 0 Å². The Kier molecular flexibility index (Phi) is 7.06. The highest BCUT2D eigenvalue weighted by atomic mass is 19.4. The first-order valence-corrected chi connectivity index (χ1v) is 8.48. The van der Waals surface area contributed by atoms with Crippen molar-refractivity contribution in [2.45, 2.75) is 39.0 Å². The van der Waals surface area contributed by atoms with Gasteiger partial charge in [-0.05, 0) is 37.5 Å². The van der Waals surface area contributed by atoms with Crippen LogP contribution in [0.5, 0.6) is 0 Å². The summed E-state index contributed by atoms with van der Waals surface area (Å²) in [7, 11) is 1.64. The third-order valence-corrected chi connectivity index (χ3v) is 3.98. The number of alkyl halides is 3. The number of unbranched alkanes of at least 4 members (excludes halogenated alkanes) is 1. The summed E-state index contributed by atoms with van der Waals surface area (Å²) in [6.07, 6.45) is 1.35. The summed E-state index contributed by atoms with van der Waals surface area (Å²) in [4.78, 5) is 8.27. The minimum atomic E-state index is -4.33. The fraction of sp³-hybridized carbons (Fsp3) is 0.444. The first kappa shape index (κ1) is 19.8. The van der Waals surface area contributed by atoms with E-state index in [9.17, 15) is 13.2 Å². The smallest absolute Gasteiger partial charge is 0.356 e. The number of nitrogens with one attached hydrogen (secondary N) is 2. The van der Waals surface area contributed by atoms with E-state index in [0.717, 1.165) is 43.9 Å². The van der Waals surface area contributed by atoms with Crippen molar-refractivity contribution in [1.82, 2.24) is 20.2 Å². The summed E-state index contributed by atoms with van der Waals surface area (Å²) in [6.45, 7) is 3.88. The van der Waals surface area contributed by atoms with E-state index in [-0.39, 0.29) is 6.54 Å². The summed E-state index contributed by atoms with van der Waals surface area (Å²) in [5.74, 6) is 1.57. The number of benzene rings is 1. The van der Waals surface area contributed by atoms with Gasteiger partial charge in [-0.2, -0.15) is 13.2 Å². The molecule has 26 heavy (non-hydrogen) atoms. The number of nitrogens with zero attached hydrogens (tertiary/aromatic N) is 3. The molecule has 1 heterocycles. The van der Waals surface area contributed by atoms with Gasteiger partial charge in [-0.3, -0.25) is 4.99 Å². The quantitative estimate of drug-likeness (QED) is 0.448. The normalized spacial score (nSPS) is 12.3. The summed E-state index contributed by atoms with van der Waals surface area (Å²) >= 11 is 0. The largest absolute Gasteiger partial charge is 0.416 e. The van der Waals surface area contributed by atoms with Gasteiger partial charge < -0.3 is 15.2 Å². The lowest BCUT2D eigenvalue weighted by Crippen LogP contribution is -2.37. The molecule has 142 valence electrons. The summed E-state index contributed by atoms with van der Waals surface area (Å²) in [6, 6.07) is 5.28. The van der Waals surface area contributed by atoms with Crippen LogP contribution in [0.1, 0.15) is 29.8 Å². The first-order valence-electron chi connectivity index (χ1n) is 8.48. The van der Waals surface area contributed by atoms with Crippen molar-refractivity contribution in [1.29, 1.82) is 0 Å². The average molecular weight is 367 g/mol. The van der Waals surface area contributed by atoms with E-state index in [0.29, 0.717) is 11.5 Å². The zero-order valence-electron chi connectivity index (χ0n) is 15.0. The molecule has 0 amide bonds. The Morgan fingerprint density at radius 1 is 1.23 bits per heavy atom. The highest BCUT2D eigenvalue weighted by Gasteiger charge is 2.30. The highest BCUT2D eigenvalue weighted by Crippen LogP contribution is 2.29. The molecule has 0 aliphatic rings. The van der Waals surface area contributed by atoms with Crippen LogP contribution in [-0.4, -0.2) is 29.1 Å². The number of hydrogen-bond donors (Lipinski definition) is 2. The molecule has 0 bridgehead atoms. The second-order valence-corrected chi connectivity index (χ2v) is 5.93. The molecule has 0 fully saturated rings. The standard InChI is InChI=1S/C18H24F3N5/c1-14-23-9-11-26(14)10-4-3-8-24-17(22-2)25-13-15-6-5-7-16(12-15)18(19,20)21/h5-7,9,11-12H,3-4,8,10,13H2,1-2H3,(H2,22,24,25). The first-order chi connectivity index (χ1) is 12.4. The molecule has 2 aromatic rings. The SMILES string of the molecule is CN=C(NCCCCn1ccnc1C)NCc1cccc(C(F)(F)F)c1. The van der Waals surface area contributed by atoms with Gasteiger partial charge in [-0.25, -0.2) is 4.98 Å². The Bertz CT molecular complexity index is 722. The predicted octanol–water partition coefficient (Wildman–Crippen LogP) is 3.36. The van der Waals surface area contributed by atoms with Crippen LogP contribution in [-0.2, 0) is 19.3 Å². The van der Waals surface area contributed by atoms with Gasteiger partial charge in [0.1, 0.15) is 5.82 Å². The molecule has 0 saturated carbocycles. The molecule has 0 unspecified atom stereocenters. The number of aliphatic imine (C=N–C) groups is 1.